The highest BCUT2D eigenvalue weighted by Gasteiger charge is 2.25. The summed E-state index contributed by atoms with van der Waals surface area (Å²) in [6.07, 6.45) is 4.76. The van der Waals surface area contributed by atoms with Gasteiger partial charge in [0.1, 0.15) is 0 Å². The third kappa shape index (κ3) is 3.61. The molecule has 4 heteroatoms. The maximum atomic E-state index is 12.2. The molecule has 2 rings (SSSR count). The minimum Gasteiger partial charge on any atom is -0.335 e. The topological polar surface area (TPSA) is 44.4 Å². The molecule has 2 heterocycles. The fraction of sp³-hybridized carbons (Fsp3) is 0.929. The second kappa shape index (κ2) is 6.41. The van der Waals surface area contributed by atoms with Crippen molar-refractivity contribution in [1.29, 1.82) is 0 Å². The van der Waals surface area contributed by atoms with E-state index in [9.17, 15) is 4.79 Å². The molecule has 0 aliphatic carbocycles. The Balaban J connectivity index is 1.78. The fourth-order valence-corrected chi connectivity index (χ4v) is 3.12. The van der Waals surface area contributed by atoms with Gasteiger partial charge in [0.2, 0.25) is 0 Å². The number of nitrogens with one attached hydrogen (secondary N) is 2. The van der Waals surface area contributed by atoms with Gasteiger partial charge in [0.25, 0.3) is 0 Å². The average Bonchev–Trinajstić information content (AvgIpc) is 2.39. The fourth-order valence-electron chi connectivity index (χ4n) is 3.12. The maximum absolute atomic E-state index is 12.2. The molecule has 18 heavy (non-hydrogen) atoms. The molecule has 2 fully saturated rings. The molecule has 104 valence electrons. The first-order chi connectivity index (χ1) is 8.66. The molecule has 0 bridgehead atoms. The van der Waals surface area contributed by atoms with Crippen LogP contribution >= 0.6 is 0 Å². The van der Waals surface area contributed by atoms with Gasteiger partial charge in [-0.2, -0.15) is 0 Å². The predicted octanol–water partition coefficient (Wildman–Crippen LogP) is 1.82. The first-order valence-electron chi connectivity index (χ1n) is 7.43. The van der Waals surface area contributed by atoms with E-state index in [0.29, 0.717) is 17.9 Å². The quantitative estimate of drug-likeness (QED) is 0.788. The summed E-state index contributed by atoms with van der Waals surface area (Å²) in [6.45, 7) is 8.41. The monoisotopic (exact) mass is 253 g/mol. The van der Waals surface area contributed by atoms with Crippen LogP contribution in [0.1, 0.15) is 39.5 Å². The van der Waals surface area contributed by atoms with Crippen molar-refractivity contribution in [2.75, 3.05) is 26.2 Å². The number of nitrogens with zero attached hydrogens (tertiary/aromatic N) is 1. The van der Waals surface area contributed by atoms with Gasteiger partial charge in [-0.05, 0) is 57.5 Å². The summed E-state index contributed by atoms with van der Waals surface area (Å²) >= 11 is 0. The van der Waals surface area contributed by atoms with E-state index in [1.54, 1.807) is 0 Å². The Morgan fingerprint density at radius 3 is 2.72 bits per heavy atom. The Labute approximate surface area is 110 Å². The smallest absolute Gasteiger partial charge is 0.317 e. The van der Waals surface area contributed by atoms with Gasteiger partial charge in [-0.1, -0.05) is 6.92 Å². The molecule has 2 aliphatic rings. The Hall–Kier alpha value is -0.770. The zero-order valence-electron chi connectivity index (χ0n) is 11.7. The largest absolute Gasteiger partial charge is 0.335 e. The summed E-state index contributed by atoms with van der Waals surface area (Å²) in [6, 6.07) is 0.449. The lowest BCUT2D eigenvalue weighted by Gasteiger charge is -2.34. The number of rotatable bonds is 2. The molecule has 0 saturated carbocycles. The molecule has 2 aliphatic heterocycles. The van der Waals surface area contributed by atoms with Gasteiger partial charge in [-0.25, -0.2) is 4.79 Å². The van der Waals surface area contributed by atoms with Crippen molar-refractivity contribution >= 4 is 6.03 Å². The third-order valence-corrected chi connectivity index (χ3v) is 4.39. The van der Waals surface area contributed by atoms with Crippen LogP contribution in [0.4, 0.5) is 4.79 Å². The molecule has 0 aromatic carbocycles. The van der Waals surface area contributed by atoms with Crippen LogP contribution in [0.3, 0.4) is 0 Å². The van der Waals surface area contributed by atoms with Gasteiger partial charge in [-0.3, -0.25) is 0 Å². The molecular weight excluding hydrogens is 226 g/mol. The van der Waals surface area contributed by atoms with Crippen molar-refractivity contribution < 1.29 is 4.79 Å². The number of amides is 2. The van der Waals surface area contributed by atoms with Crippen molar-refractivity contribution in [2.45, 2.75) is 45.6 Å². The minimum absolute atomic E-state index is 0.146. The van der Waals surface area contributed by atoms with Gasteiger partial charge in [0.15, 0.2) is 0 Å². The maximum Gasteiger partial charge on any atom is 0.317 e. The number of piperidine rings is 2. The highest BCUT2D eigenvalue weighted by atomic mass is 16.2. The second-order valence-corrected chi connectivity index (χ2v) is 6.02. The molecule has 2 saturated heterocycles. The van der Waals surface area contributed by atoms with Crippen LogP contribution in [-0.2, 0) is 0 Å². The van der Waals surface area contributed by atoms with Crippen LogP contribution in [-0.4, -0.2) is 43.2 Å². The van der Waals surface area contributed by atoms with Gasteiger partial charge < -0.3 is 15.5 Å². The van der Waals surface area contributed by atoms with Crippen LogP contribution in [0.5, 0.6) is 0 Å². The molecule has 4 nitrogen and oxygen atoms in total. The lowest BCUT2D eigenvalue weighted by Crippen LogP contribution is -2.50. The van der Waals surface area contributed by atoms with E-state index in [2.05, 4.69) is 24.5 Å². The number of urea groups is 1. The highest BCUT2D eigenvalue weighted by Crippen LogP contribution is 2.18. The normalized spacial score (nSPS) is 27.9. The Morgan fingerprint density at radius 2 is 2.06 bits per heavy atom. The van der Waals surface area contributed by atoms with E-state index in [0.717, 1.165) is 32.6 Å². The molecule has 2 amide bonds. The molecule has 0 aromatic rings. The number of carbonyl (C=O) groups excluding carboxylic acids is 1. The first-order valence-corrected chi connectivity index (χ1v) is 7.43. The number of carbonyl (C=O) groups is 1. The van der Waals surface area contributed by atoms with E-state index >= 15 is 0 Å². The van der Waals surface area contributed by atoms with Crippen LogP contribution in [0.2, 0.25) is 0 Å². The van der Waals surface area contributed by atoms with Gasteiger partial charge in [-0.15, -0.1) is 0 Å². The summed E-state index contributed by atoms with van der Waals surface area (Å²) in [4.78, 5) is 14.2. The Bertz CT molecular complexity index is 276. The summed E-state index contributed by atoms with van der Waals surface area (Å²) in [5, 5.41) is 6.57. The molecule has 0 radical (unpaired) electrons. The van der Waals surface area contributed by atoms with E-state index in [1.165, 1.54) is 19.3 Å². The third-order valence-electron chi connectivity index (χ3n) is 4.39. The van der Waals surface area contributed by atoms with E-state index < -0.39 is 0 Å². The van der Waals surface area contributed by atoms with Crippen LogP contribution < -0.4 is 10.6 Å². The van der Waals surface area contributed by atoms with Crippen molar-refractivity contribution in [2.24, 2.45) is 11.8 Å². The van der Waals surface area contributed by atoms with Gasteiger partial charge in [0.05, 0.1) is 0 Å². The van der Waals surface area contributed by atoms with Crippen LogP contribution in [0.25, 0.3) is 0 Å². The lowest BCUT2D eigenvalue weighted by atomic mass is 9.91. The van der Waals surface area contributed by atoms with E-state index in [1.807, 2.05) is 4.90 Å². The Kier molecular flexibility index (Phi) is 4.87. The average molecular weight is 253 g/mol. The summed E-state index contributed by atoms with van der Waals surface area (Å²) < 4.78 is 0. The van der Waals surface area contributed by atoms with E-state index in [-0.39, 0.29) is 6.03 Å². The summed E-state index contributed by atoms with van der Waals surface area (Å²) in [5.41, 5.74) is 0. The van der Waals surface area contributed by atoms with Crippen LogP contribution in [0.15, 0.2) is 0 Å². The predicted molar refractivity (Wildman–Crippen MR) is 73.6 cm³/mol. The standard InChI is InChI=1S/C14H27N3O/c1-11-4-3-9-17(10-11)14(18)16-12(2)13-5-7-15-8-6-13/h11-13,15H,3-10H2,1-2H3,(H,16,18). The number of hydrogen-bond acceptors (Lipinski definition) is 2. The molecule has 2 unspecified atom stereocenters. The van der Waals surface area contributed by atoms with Gasteiger partial charge in [0, 0.05) is 19.1 Å². The van der Waals surface area contributed by atoms with Crippen molar-refractivity contribution in [3.8, 4) is 0 Å². The molecule has 2 N–H and O–H groups in total. The molecule has 0 spiro atoms. The Morgan fingerprint density at radius 1 is 1.33 bits per heavy atom. The van der Waals surface area contributed by atoms with Crippen molar-refractivity contribution in [3.63, 3.8) is 0 Å². The number of likely N-dealkylation sites (tertiary alicyclic amines) is 1. The molecule has 2 atom stereocenters. The summed E-state index contributed by atoms with van der Waals surface area (Å²) in [5.74, 6) is 1.29. The number of hydrogen-bond donors (Lipinski definition) is 2. The van der Waals surface area contributed by atoms with Crippen molar-refractivity contribution in [1.82, 2.24) is 15.5 Å². The highest BCUT2D eigenvalue weighted by molar-refractivity contribution is 5.74. The molecular formula is C14H27N3O. The molecule has 0 aromatic heterocycles. The lowest BCUT2D eigenvalue weighted by molar-refractivity contribution is 0.161. The summed E-state index contributed by atoms with van der Waals surface area (Å²) in [7, 11) is 0. The van der Waals surface area contributed by atoms with Crippen LogP contribution in [0, 0.1) is 11.8 Å². The SMILES string of the molecule is CC1CCCN(C(=O)NC(C)C2CCNCC2)C1. The zero-order valence-corrected chi connectivity index (χ0v) is 11.7. The first kappa shape index (κ1) is 13.7. The minimum atomic E-state index is 0.146. The van der Waals surface area contributed by atoms with Crippen molar-refractivity contribution in [3.05, 3.63) is 0 Å². The second-order valence-electron chi connectivity index (χ2n) is 6.02. The zero-order chi connectivity index (χ0) is 13.0. The van der Waals surface area contributed by atoms with Gasteiger partial charge >= 0.3 is 6.03 Å². The van der Waals surface area contributed by atoms with E-state index in [4.69, 9.17) is 0 Å².